The van der Waals surface area contributed by atoms with Gasteiger partial charge < -0.3 is 9.80 Å². The van der Waals surface area contributed by atoms with Gasteiger partial charge in [0.05, 0.1) is 0 Å². The molecule has 2 saturated heterocycles. The van der Waals surface area contributed by atoms with Gasteiger partial charge in [-0.05, 0) is 19.4 Å². The summed E-state index contributed by atoms with van der Waals surface area (Å²) in [5.41, 5.74) is 0. The molecule has 11 heavy (non-hydrogen) atoms. The number of fused-ring (bicyclic) bond motifs is 1. The Morgan fingerprint density at radius 2 is 2.27 bits per heavy atom. The van der Waals surface area contributed by atoms with E-state index < -0.39 is 0 Å². The second-order valence-electron chi connectivity index (χ2n) is 3.68. The summed E-state index contributed by atoms with van der Waals surface area (Å²) in [4.78, 5) is 14.8. The monoisotopic (exact) mass is 154 g/mol. The molecule has 0 saturated carbocycles. The van der Waals surface area contributed by atoms with Crippen molar-refractivity contribution in [3.05, 3.63) is 0 Å². The summed E-state index contributed by atoms with van der Waals surface area (Å²) in [7, 11) is 2.13. The second-order valence-corrected chi connectivity index (χ2v) is 3.68. The van der Waals surface area contributed by atoms with Crippen molar-refractivity contribution >= 4 is 6.41 Å². The van der Waals surface area contributed by atoms with Crippen molar-refractivity contribution < 1.29 is 4.79 Å². The van der Waals surface area contributed by atoms with Crippen molar-refractivity contribution in [2.45, 2.75) is 12.5 Å². The fourth-order valence-electron chi connectivity index (χ4n) is 2.34. The van der Waals surface area contributed by atoms with Gasteiger partial charge >= 0.3 is 0 Å². The summed E-state index contributed by atoms with van der Waals surface area (Å²) in [5.74, 6) is 0.755. The Kier molecular flexibility index (Phi) is 1.60. The number of nitrogens with zero attached hydrogens (tertiary/aromatic N) is 2. The van der Waals surface area contributed by atoms with E-state index in [-0.39, 0.29) is 0 Å². The average Bonchev–Trinajstić information content (AvgIpc) is 2.45. The van der Waals surface area contributed by atoms with Crippen molar-refractivity contribution in [3.63, 3.8) is 0 Å². The molecule has 0 spiro atoms. The van der Waals surface area contributed by atoms with Gasteiger partial charge in [-0.25, -0.2) is 0 Å². The highest BCUT2D eigenvalue weighted by molar-refractivity contribution is 5.49. The van der Waals surface area contributed by atoms with Crippen LogP contribution in [0.1, 0.15) is 6.42 Å². The zero-order valence-electron chi connectivity index (χ0n) is 6.86. The van der Waals surface area contributed by atoms with Crippen LogP contribution in [0.4, 0.5) is 0 Å². The zero-order chi connectivity index (χ0) is 7.84. The Hall–Kier alpha value is -0.570. The first-order valence-corrected chi connectivity index (χ1v) is 4.21. The topological polar surface area (TPSA) is 23.6 Å². The van der Waals surface area contributed by atoms with E-state index in [1.54, 1.807) is 0 Å². The standard InChI is InChI=1S/C8H14N2O/c1-9-4-7-2-3-10(6-11)8(7)5-9/h6-8H,2-5H2,1H3/t7-,8+/m0/s1. The molecule has 0 aromatic heterocycles. The molecule has 1 amide bonds. The van der Waals surface area contributed by atoms with Crippen molar-refractivity contribution in [2.75, 3.05) is 26.7 Å². The van der Waals surface area contributed by atoms with Gasteiger partial charge in [0.25, 0.3) is 0 Å². The lowest BCUT2D eigenvalue weighted by Gasteiger charge is -2.18. The number of hydrogen-bond donors (Lipinski definition) is 0. The summed E-state index contributed by atoms with van der Waals surface area (Å²) in [6.07, 6.45) is 2.21. The molecule has 0 bridgehead atoms. The van der Waals surface area contributed by atoms with Crippen LogP contribution in [-0.4, -0.2) is 48.9 Å². The van der Waals surface area contributed by atoms with Gasteiger partial charge in [0, 0.05) is 25.7 Å². The predicted molar refractivity (Wildman–Crippen MR) is 42.2 cm³/mol. The minimum absolute atomic E-state index is 0.525. The molecule has 2 atom stereocenters. The maximum Gasteiger partial charge on any atom is 0.210 e. The molecule has 2 aliphatic heterocycles. The number of likely N-dealkylation sites (N-methyl/N-ethyl adjacent to an activating group) is 1. The summed E-state index contributed by atoms with van der Waals surface area (Å²) in [6, 6.07) is 0.525. The quantitative estimate of drug-likeness (QED) is 0.487. The largest absolute Gasteiger partial charge is 0.341 e. The fourth-order valence-corrected chi connectivity index (χ4v) is 2.34. The van der Waals surface area contributed by atoms with Crippen LogP contribution in [-0.2, 0) is 4.79 Å². The molecule has 0 radical (unpaired) electrons. The minimum atomic E-state index is 0.525. The summed E-state index contributed by atoms with van der Waals surface area (Å²) in [6.45, 7) is 3.23. The second kappa shape index (κ2) is 2.48. The normalized spacial score (nSPS) is 37.7. The van der Waals surface area contributed by atoms with Crippen molar-refractivity contribution in [1.82, 2.24) is 9.80 Å². The molecule has 3 heteroatoms. The van der Waals surface area contributed by atoms with E-state index in [9.17, 15) is 4.79 Å². The third kappa shape index (κ3) is 1.03. The lowest BCUT2D eigenvalue weighted by molar-refractivity contribution is -0.118. The molecule has 2 fully saturated rings. The first-order valence-electron chi connectivity index (χ1n) is 4.21. The van der Waals surface area contributed by atoms with Gasteiger partial charge in [-0.15, -0.1) is 0 Å². The number of carbonyl (C=O) groups excluding carboxylic acids is 1. The van der Waals surface area contributed by atoms with E-state index in [1.807, 2.05) is 4.90 Å². The lowest BCUT2D eigenvalue weighted by atomic mass is 10.1. The van der Waals surface area contributed by atoms with Crippen LogP contribution in [0.25, 0.3) is 0 Å². The number of likely N-dealkylation sites (tertiary alicyclic amines) is 2. The molecule has 0 aromatic rings. The first-order chi connectivity index (χ1) is 5.31. The van der Waals surface area contributed by atoms with Crippen molar-refractivity contribution in [3.8, 4) is 0 Å². The Bertz CT molecular complexity index is 171. The van der Waals surface area contributed by atoms with Gasteiger partial charge in [0.1, 0.15) is 0 Å². The van der Waals surface area contributed by atoms with Gasteiger partial charge in [-0.3, -0.25) is 4.79 Å². The highest BCUT2D eigenvalue weighted by atomic mass is 16.1. The van der Waals surface area contributed by atoms with Crippen LogP contribution in [0, 0.1) is 5.92 Å². The van der Waals surface area contributed by atoms with Crippen LogP contribution >= 0.6 is 0 Å². The van der Waals surface area contributed by atoms with Crippen molar-refractivity contribution in [2.24, 2.45) is 5.92 Å². The molecular weight excluding hydrogens is 140 g/mol. The lowest BCUT2D eigenvalue weighted by Crippen LogP contribution is -2.33. The van der Waals surface area contributed by atoms with E-state index in [2.05, 4.69) is 11.9 Å². The minimum Gasteiger partial charge on any atom is -0.341 e. The molecule has 0 unspecified atom stereocenters. The van der Waals surface area contributed by atoms with E-state index in [4.69, 9.17) is 0 Å². The predicted octanol–water partition coefficient (Wildman–Crippen LogP) is -0.221. The third-order valence-corrected chi connectivity index (χ3v) is 2.91. The van der Waals surface area contributed by atoms with Gasteiger partial charge in [-0.2, -0.15) is 0 Å². The van der Waals surface area contributed by atoms with Gasteiger partial charge in [0.2, 0.25) is 6.41 Å². The molecule has 2 rings (SSSR count). The zero-order valence-corrected chi connectivity index (χ0v) is 6.86. The van der Waals surface area contributed by atoms with Crippen LogP contribution in [0.3, 0.4) is 0 Å². The highest BCUT2D eigenvalue weighted by Gasteiger charge is 2.39. The summed E-state index contributed by atoms with van der Waals surface area (Å²) in [5, 5.41) is 0. The molecule has 0 N–H and O–H groups in total. The number of hydrogen-bond acceptors (Lipinski definition) is 2. The van der Waals surface area contributed by atoms with Crippen LogP contribution < -0.4 is 0 Å². The van der Waals surface area contributed by atoms with E-state index in [0.29, 0.717) is 6.04 Å². The number of carbonyl (C=O) groups is 1. The molecule has 2 aliphatic rings. The SMILES string of the molecule is CN1C[C@@H]2CCN(C=O)[C@@H]2C1. The summed E-state index contributed by atoms with van der Waals surface area (Å²) < 4.78 is 0. The third-order valence-electron chi connectivity index (χ3n) is 2.91. The Morgan fingerprint density at radius 1 is 1.45 bits per heavy atom. The van der Waals surface area contributed by atoms with Crippen LogP contribution in [0.5, 0.6) is 0 Å². The van der Waals surface area contributed by atoms with Crippen LogP contribution in [0.2, 0.25) is 0 Å². The van der Waals surface area contributed by atoms with E-state index in [1.165, 1.54) is 13.0 Å². The highest BCUT2D eigenvalue weighted by Crippen LogP contribution is 2.29. The molecule has 62 valence electrons. The number of rotatable bonds is 1. The number of amides is 1. The van der Waals surface area contributed by atoms with Crippen LogP contribution in [0.15, 0.2) is 0 Å². The molecule has 3 nitrogen and oxygen atoms in total. The fraction of sp³-hybridized carbons (Fsp3) is 0.875. The maximum absolute atomic E-state index is 10.6. The molecule has 0 aliphatic carbocycles. The van der Waals surface area contributed by atoms with E-state index >= 15 is 0 Å². The average molecular weight is 154 g/mol. The maximum atomic E-state index is 10.6. The summed E-state index contributed by atoms with van der Waals surface area (Å²) >= 11 is 0. The Morgan fingerprint density at radius 3 is 3.00 bits per heavy atom. The smallest absolute Gasteiger partial charge is 0.210 e. The molecular formula is C8H14N2O. The molecule has 2 heterocycles. The Labute approximate surface area is 67.0 Å². The Balaban J connectivity index is 2.06. The first kappa shape index (κ1) is 7.10. The van der Waals surface area contributed by atoms with Gasteiger partial charge in [-0.1, -0.05) is 0 Å². The molecule has 0 aromatic carbocycles. The van der Waals surface area contributed by atoms with Crippen molar-refractivity contribution in [1.29, 1.82) is 0 Å². The van der Waals surface area contributed by atoms with Gasteiger partial charge in [0.15, 0.2) is 0 Å². The van der Waals surface area contributed by atoms with E-state index in [0.717, 1.165) is 25.4 Å².